The Morgan fingerprint density at radius 2 is 1.15 bits per heavy atom. The predicted octanol–water partition coefficient (Wildman–Crippen LogP) is 1.68. The van der Waals surface area contributed by atoms with Gasteiger partial charge in [-0.2, -0.15) is 0 Å². The Kier molecular flexibility index (Phi) is 3.10. The molecule has 0 bridgehead atoms. The van der Waals surface area contributed by atoms with Crippen molar-refractivity contribution < 1.29 is 0 Å². The molecule has 0 aromatic heterocycles. The molecule has 0 atom stereocenters. The SMILES string of the molecule is CN(C)C1=S=[Se]2(=S=C(N(C)C)S2)S1. The van der Waals surface area contributed by atoms with Gasteiger partial charge in [0.05, 0.1) is 0 Å². The zero-order chi connectivity index (χ0) is 9.64. The standard InChI is InChI=1S/C6H12N2S4Se/c1-7(2)5-9-13(10-5)11-6(12-13)8(3)4/h1-4H3. The van der Waals surface area contributed by atoms with E-state index in [0.717, 1.165) is 0 Å². The van der Waals surface area contributed by atoms with E-state index in [2.05, 4.69) is 76.9 Å². The molecule has 76 valence electrons. The predicted molar refractivity (Wildman–Crippen MR) is 73.5 cm³/mol. The van der Waals surface area contributed by atoms with Crippen molar-refractivity contribution in [3.8, 4) is 0 Å². The molecule has 0 saturated heterocycles. The van der Waals surface area contributed by atoms with Crippen LogP contribution in [0.1, 0.15) is 0 Å². The third-order valence-electron chi connectivity index (χ3n) is 1.42. The van der Waals surface area contributed by atoms with E-state index in [-0.39, 0.29) is 0 Å². The molecule has 2 nitrogen and oxygen atoms in total. The molecule has 0 aromatic rings. The molecule has 0 radical (unpaired) electrons. The van der Waals surface area contributed by atoms with Gasteiger partial charge in [0, 0.05) is 0 Å². The van der Waals surface area contributed by atoms with E-state index in [0.29, 0.717) is 0 Å². The Labute approximate surface area is 92.2 Å². The third kappa shape index (κ3) is 1.99. The van der Waals surface area contributed by atoms with Crippen LogP contribution >= 0.6 is 38.9 Å². The summed E-state index contributed by atoms with van der Waals surface area (Å²) in [6.07, 6.45) is 0. The second-order valence-corrected chi connectivity index (χ2v) is 28.7. The van der Waals surface area contributed by atoms with Gasteiger partial charge in [-0.1, -0.05) is 0 Å². The number of rotatable bonds is 0. The van der Waals surface area contributed by atoms with E-state index >= 15 is 0 Å². The maximum absolute atomic E-state index is 2.23. The van der Waals surface area contributed by atoms with Crippen molar-refractivity contribution in [3.05, 3.63) is 0 Å². The summed E-state index contributed by atoms with van der Waals surface area (Å²) in [7, 11) is 15.8. The monoisotopic (exact) mass is 320 g/mol. The topological polar surface area (TPSA) is 6.48 Å². The van der Waals surface area contributed by atoms with E-state index in [4.69, 9.17) is 0 Å². The van der Waals surface area contributed by atoms with Crippen LogP contribution in [0.3, 0.4) is 0 Å². The zero-order valence-electron chi connectivity index (χ0n) is 7.94. The first kappa shape index (κ1) is 10.8. The van der Waals surface area contributed by atoms with Crippen LogP contribution in [0.4, 0.5) is 0 Å². The van der Waals surface area contributed by atoms with Gasteiger partial charge in [-0.25, -0.2) is 0 Å². The Bertz CT molecular complexity index is 399. The zero-order valence-corrected chi connectivity index (χ0v) is 12.9. The summed E-state index contributed by atoms with van der Waals surface area (Å²) in [6.45, 7) is 0. The van der Waals surface area contributed by atoms with E-state index in [9.17, 15) is 0 Å². The molecular formula is C6H12N2S4Se. The first-order valence-electron chi connectivity index (χ1n) is 3.72. The van der Waals surface area contributed by atoms with E-state index in [1.807, 2.05) is 0 Å². The second-order valence-electron chi connectivity index (χ2n) is 3.06. The van der Waals surface area contributed by atoms with Gasteiger partial charge < -0.3 is 0 Å². The van der Waals surface area contributed by atoms with Gasteiger partial charge in [-0.3, -0.25) is 0 Å². The fourth-order valence-corrected chi connectivity index (χ4v) is 35.1. The summed E-state index contributed by atoms with van der Waals surface area (Å²) in [5.74, 6) is 0. The van der Waals surface area contributed by atoms with Crippen LogP contribution in [0.15, 0.2) is 0 Å². The number of hydrogen-bond acceptors (Lipinski definition) is 4. The van der Waals surface area contributed by atoms with Gasteiger partial charge in [0.15, 0.2) is 0 Å². The molecule has 0 aromatic carbocycles. The van der Waals surface area contributed by atoms with Crippen molar-refractivity contribution in [2.45, 2.75) is 0 Å². The average Bonchev–Trinajstić information content (AvgIpc) is 1.78. The summed E-state index contributed by atoms with van der Waals surface area (Å²) < 4.78 is 3.00. The molecule has 2 rings (SSSR count). The van der Waals surface area contributed by atoms with Crippen LogP contribution in [-0.4, -0.2) is 54.0 Å². The maximum atomic E-state index is 2.23. The van der Waals surface area contributed by atoms with Crippen molar-refractivity contribution in [1.29, 1.82) is 0 Å². The fraction of sp³-hybridized carbons (Fsp3) is 0.667. The summed E-state index contributed by atoms with van der Waals surface area (Å²) in [4.78, 5) is 4.46. The minimum atomic E-state index is -1.21. The van der Waals surface area contributed by atoms with Crippen LogP contribution in [0.5, 0.6) is 0 Å². The quantitative estimate of drug-likeness (QED) is 0.495. The summed E-state index contributed by atoms with van der Waals surface area (Å²) >= 11 is 0. The Morgan fingerprint density at radius 3 is 1.38 bits per heavy atom. The van der Waals surface area contributed by atoms with Crippen molar-refractivity contribution >= 4 is 54.9 Å². The Hall–Kier alpha value is 1.32. The van der Waals surface area contributed by atoms with Gasteiger partial charge in [0.2, 0.25) is 0 Å². The van der Waals surface area contributed by atoms with Crippen molar-refractivity contribution in [1.82, 2.24) is 9.80 Å². The van der Waals surface area contributed by atoms with Gasteiger partial charge in [-0.05, 0) is 0 Å². The first-order chi connectivity index (χ1) is 6.02. The second kappa shape index (κ2) is 3.72. The molecule has 0 unspecified atom stereocenters. The third-order valence-corrected chi connectivity index (χ3v) is 30.0. The van der Waals surface area contributed by atoms with Crippen LogP contribution in [0.2, 0.25) is 0 Å². The number of nitrogens with zero attached hydrogens (tertiary/aromatic N) is 2. The average molecular weight is 319 g/mol. The molecule has 2 heterocycles. The molecule has 0 aliphatic carbocycles. The van der Waals surface area contributed by atoms with Gasteiger partial charge >= 0.3 is 92.9 Å². The fourth-order valence-electron chi connectivity index (χ4n) is 0.728. The molecule has 1 spiro atoms. The molecule has 0 fully saturated rings. The van der Waals surface area contributed by atoms with E-state index in [1.165, 1.54) is 8.64 Å². The molecule has 0 saturated carbocycles. The van der Waals surface area contributed by atoms with Crippen molar-refractivity contribution in [2.75, 3.05) is 28.2 Å². The van der Waals surface area contributed by atoms with Crippen molar-refractivity contribution in [2.24, 2.45) is 0 Å². The van der Waals surface area contributed by atoms with Crippen molar-refractivity contribution in [3.63, 3.8) is 0 Å². The molecule has 0 N–H and O–H groups in total. The van der Waals surface area contributed by atoms with E-state index < -0.39 is 7.34 Å². The minimum absolute atomic E-state index is 1.21. The summed E-state index contributed by atoms with van der Waals surface area (Å²) in [6, 6.07) is 0. The summed E-state index contributed by atoms with van der Waals surface area (Å²) in [5.41, 5.74) is 0. The van der Waals surface area contributed by atoms with Gasteiger partial charge in [0.1, 0.15) is 0 Å². The summed E-state index contributed by atoms with van der Waals surface area (Å²) in [5, 5.41) is 0. The molecule has 2 aliphatic heterocycles. The Morgan fingerprint density at radius 1 is 0.846 bits per heavy atom. The molecule has 7 heteroatoms. The molecular weight excluding hydrogens is 307 g/mol. The van der Waals surface area contributed by atoms with E-state index in [1.54, 1.807) is 0 Å². The van der Waals surface area contributed by atoms with Crippen LogP contribution in [-0.2, 0) is 0 Å². The van der Waals surface area contributed by atoms with Gasteiger partial charge in [-0.15, -0.1) is 0 Å². The van der Waals surface area contributed by atoms with Crippen LogP contribution < -0.4 is 0 Å². The molecule has 2 aliphatic rings. The van der Waals surface area contributed by atoms with Gasteiger partial charge in [0.25, 0.3) is 0 Å². The molecule has 0 amide bonds. The first-order valence-corrected chi connectivity index (χ1v) is 15.1. The van der Waals surface area contributed by atoms with Crippen LogP contribution in [0.25, 0.3) is 0 Å². The van der Waals surface area contributed by atoms with Crippen LogP contribution in [0, 0.1) is 0 Å². The Balaban J connectivity index is 2.44. The molecule has 13 heavy (non-hydrogen) atoms. The number of hydrogen-bond donors (Lipinski definition) is 0. The normalized spacial score (nSPS) is 24.2.